The fourth-order valence-corrected chi connectivity index (χ4v) is 3.17. The van der Waals surface area contributed by atoms with Crippen molar-refractivity contribution in [3.63, 3.8) is 0 Å². The smallest absolute Gasteiger partial charge is 0.248 e. The molecule has 2 aromatic heterocycles. The Kier molecular flexibility index (Phi) is 5.14. The van der Waals surface area contributed by atoms with Crippen LogP contribution in [0.5, 0.6) is 0 Å². The molecule has 0 aliphatic rings. The highest BCUT2D eigenvalue weighted by Gasteiger charge is 2.13. The predicted octanol–water partition coefficient (Wildman–Crippen LogP) is 5.55. The van der Waals surface area contributed by atoms with Crippen LogP contribution in [0.1, 0.15) is 16.8 Å². The second kappa shape index (κ2) is 7.91. The van der Waals surface area contributed by atoms with E-state index in [1.54, 1.807) is 6.08 Å². The van der Waals surface area contributed by atoms with Crippen LogP contribution in [-0.4, -0.2) is 15.3 Å². The van der Waals surface area contributed by atoms with E-state index in [-0.39, 0.29) is 5.69 Å². The van der Waals surface area contributed by atoms with Gasteiger partial charge < -0.3 is 5.32 Å². The highest BCUT2D eigenvalue weighted by atomic mass is 19.1. The third-order valence-corrected chi connectivity index (χ3v) is 4.72. The summed E-state index contributed by atoms with van der Waals surface area (Å²) in [6.45, 7) is 3.99. The van der Waals surface area contributed by atoms with Crippen LogP contribution in [0.3, 0.4) is 0 Å². The predicted molar refractivity (Wildman–Crippen MR) is 114 cm³/mol. The standard InChI is InChI=1S/C24H19F2N3O/c1-15-3-5-17(6-4-15)24-21(29-12-11-16(2)13-22(29)28-24)9-10-23(30)27-20-14-18(25)7-8-19(20)26/h3-14H,1-2H3,(H,27,30)/b10-9+. The SMILES string of the molecule is Cc1ccc(-c2nc3cc(C)ccn3c2/C=C/C(=O)Nc2cc(F)ccc2F)cc1. The van der Waals surface area contributed by atoms with Gasteiger partial charge >= 0.3 is 0 Å². The van der Waals surface area contributed by atoms with Crippen molar-refractivity contribution in [3.05, 3.63) is 95.3 Å². The first-order valence-electron chi connectivity index (χ1n) is 9.40. The molecule has 6 heteroatoms. The van der Waals surface area contributed by atoms with Gasteiger partial charge in [-0.05, 0) is 49.8 Å². The summed E-state index contributed by atoms with van der Waals surface area (Å²) in [6.07, 6.45) is 4.79. The lowest BCUT2D eigenvalue weighted by Gasteiger charge is -2.04. The number of nitrogens with zero attached hydrogens (tertiary/aromatic N) is 2. The van der Waals surface area contributed by atoms with Crippen LogP contribution in [0.4, 0.5) is 14.5 Å². The summed E-state index contributed by atoms with van der Waals surface area (Å²) in [5.74, 6) is -1.91. The average Bonchev–Trinajstić information content (AvgIpc) is 3.07. The van der Waals surface area contributed by atoms with Gasteiger partial charge in [-0.2, -0.15) is 0 Å². The lowest BCUT2D eigenvalue weighted by Crippen LogP contribution is -2.09. The van der Waals surface area contributed by atoms with E-state index in [4.69, 9.17) is 4.98 Å². The molecule has 4 rings (SSSR count). The quantitative estimate of drug-likeness (QED) is 0.454. The molecule has 0 fully saturated rings. The summed E-state index contributed by atoms with van der Waals surface area (Å²) in [7, 11) is 0. The first-order chi connectivity index (χ1) is 14.4. The van der Waals surface area contributed by atoms with Crippen molar-refractivity contribution in [2.45, 2.75) is 13.8 Å². The number of amides is 1. The van der Waals surface area contributed by atoms with E-state index >= 15 is 0 Å². The molecule has 1 N–H and O–H groups in total. The van der Waals surface area contributed by atoms with Gasteiger partial charge in [-0.1, -0.05) is 29.8 Å². The van der Waals surface area contributed by atoms with Gasteiger partial charge in [0.1, 0.15) is 17.3 Å². The molecule has 0 bridgehead atoms. The normalized spacial score (nSPS) is 11.3. The molecule has 0 saturated heterocycles. The number of anilines is 1. The molecule has 150 valence electrons. The summed E-state index contributed by atoms with van der Waals surface area (Å²) in [5, 5.41) is 2.37. The molecule has 0 saturated carbocycles. The minimum absolute atomic E-state index is 0.211. The molecular weight excluding hydrogens is 384 g/mol. The second-order valence-electron chi connectivity index (χ2n) is 7.09. The molecule has 2 heterocycles. The molecular formula is C24H19F2N3O. The number of aryl methyl sites for hydroxylation is 2. The molecule has 4 aromatic rings. The number of fused-ring (bicyclic) bond motifs is 1. The Morgan fingerprint density at radius 3 is 2.53 bits per heavy atom. The van der Waals surface area contributed by atoms with Crippen LogP contribution in [0.25, 0.3) is 23.0 Å². The van der Waals surface area contributed by atoms with Gasteiger partial charge in [-0.25, -0.2) is 13.8 Å². The number of halogens is 2. The largest absolute Gasteiger partial charge is 0.320 e. The minimum atomic E-state index is -0.705. The van der Waals surface area contributed by atoms with Crippen molar-refractivity contribution in [2.75, 3.05) is 5.32 Å². The topological polar surface area (TPSA) is 46.4 Å². The van der Waals surface area contributed by atoms with E-state index in [9.17, 15) is 13.6 Å². The highest BCUT2D eigenvalue weighted by Crippen LogP contribution is 2.26. The number of hydrogen-bond donors (Lipinski definition) is 1. The first kappa shape index (κ1) is 19.5. The monoisotopic (exact) mass is 403 g/mol. The van der Waals surface area contributed by atoms with Gasteiger partial charge in [0.2, 0.25) is 5.91 Å². The third kappa shape index (κ3) is 3.98. The van der Waals surface area contributed by atoms with Crippen molar-refractivity contribution in [1.82, 2.24) is 9.38 Å². The summed E-state index contributed by atoms with van der Waals surface area (Å²) >= 11 is 0. The number of carbonyl (C=O) groups excluding carboxylic acids is 1. The molecule has 1 amide bonds. The number of rotatable bonds is 4. The fourth-order valence-electron chi connectivity index (χ4n) is 3.17. The number of carbonyl (C=O) groups is 1. The summed E-state index contributed by atoms with van der Waals surface area (Å²) < 4.78 is 29.0. The lowest BCUT2D eigenvalue weighted by molar-refractivity contribution is -0.111. The molecule has 0 atom stereocenters. The van der Waals surface area contributed by atoms with Crippen LogP contribution in [-0.2, 0) is 4.79 Å². The minimum Gasteiger partial charge on any atom is -0.320 e. The number of imidazole rings is 1. The van der Waals surface area contributed by atoms with Crippen LogP contribution >= 0.6 is 0 Å². The Morgan fingerprint density at radius 2 is 1.77 bits per heavy atom. The van der Waals surface area contributed by atoms with Crippen LogP contribution in [0, 0.1) is 25.5 Å². The fraction of sp³-hybridized carbons (Fsp3) is 0.0833. The maximum absolute atomic E-state index is 13.8. The first-order valence-corrected chi connectivity index (χ1v) is 9.40. The maximum atomic E-state index is 13.8. The van der Waals surface area contributed by atoms with Gasteiger partial charge in [0, 0.05) is 23.9 Å². The number of aromatic nitrogens is 2. The van der Waals surface area contributed by atoms with Crippen LogP contribution in [0.2, 0.25) is 0 Å². The van der Waals surface area contributed by atoms with Crippen molar-refractivity contribution in [2.24, 2.45) is 0 Å². The number of pyridine rings is 1. The van der Waals surface area contributed by atoms with Crippen molar-refractivity contribution < 1.29 is 13.6 Å². The molecule has 0 aliphatic carbocycles. The summed E-state index contributed by atoms with van der Waals surface area (Å²) in [4.78, 5) is 17.1. The van der Waals surface area contributed by atoms with E-state index < -0.39 is 17.5 Å². The van der Waals surface area contributed by atoms with Gasteiger partial charge in [-0.15, -0.1) is 0 Å². The third-order valence-electron chi connectivity index (χ3n) is 4.72. The zero-order chi connectivity index (χ0) is 21.3. The molecule has 30 heavy (non-hydrogen) atoms. The molecule has 0 radical (unpaired) electrons. The Morgan fingerprint density at radius 1 is 1.00 bits per heavy atom. The van der Waals surface area contributed by atoms with E-state index in [1.807, 2.05) is 60.8 Å². The Balaban J connectivity index is 1.71. The summed E-state index contributed by atoms with van der Waals surface area (Å²) in [6, 6.07) is 14.8. The molecule has 2 aromatic carbocycles. The molecule has 0 spiro atoms. The van der Waals surface area contributed by atoms with Gasteiger partial charge in [0.15, 0.2) is 0 Å². The van der Waals surface area contributed by atoms with E-state index in [0.29, 0.717) is 5.69 Å². The average molecular weight is 403 g/mol. The van der Waals surface area contributed by atoms with Crippen molar-refractivity contribution >= 4 is 23.3 Å². The van der Waals surface area contributed by atoms with Crippen molar-refractivity contribution in [1.29, 1.82) is 0 Å². The number of benzene rings is 2. The highest BCUT2D eigenvalue weighted by molar-refractivity contribution is 6.02. The molecule has 0 aliphatic heterocycles. The zero-order valence-electron chi connectivity index (χ0n) is 16.5. The summed E-state index contributed by atoms with van der Waals surface area (Å²) in [5.41, 5.74) is 5.09. The van der Waals surface area contributed by atoms with Crippen molar-refractivity contribution in [3.8, 4) is 11.3 Å². The van der Waals surface area contributed by atoms with Gasteiger partial charge in [0.25, 0.3) is 0 Å². The Labute approximate surface area is 172 Å². The molecule has 0 unspecified atom stereocenters. The molecule has 4 nitrogen and oxygen atoms in total. The Hall–Kier alpha value is -3.80. The van der Waals surface area contributed by atoms with E-state index in [0.717, 1.165) is 46.2 Å². The number of hydrogen-bond acceptors (Lipinski definition) is 2. The van der Waals surface area contributed by atoms with Gasteiger partial charge in [0.05, 0.1) is 17.1 Å². The Bertz CT molecular complexity index is 1270. The number of nitrogens with one attached hydrogen (secondary N) is 1. The second-order valence-corrected chi connectivity index (χ2v) is 7.09. The van der Waals surface area contributed by atoms with E-state index in [2.05, 4.69) is 5.32 Å². The zero-order valence-corrected chi connectivity index (χ0v) is 16.5. The van der Waals surface area contributed by atoms with Crippen LogP contribution < -0.4 is 5.32 Å². The van der Waals surface area contributed by atoms with Crippen LogP contribution in [0.15, 0.2) is 66.9 Å². The van der Waals surface area contributed by atoms with Gasteiger partial charge in [-0.3, -0.25) is 9.20 Å². The van der Waals surface area contributed by atoms with E-state index in [1.165, 1.54) is 6.08 Å². The lowest BCUT2D eigenvalue weighted by atomic mass is 10.1. The maximum Gasteiger partial charge on any atom is 0.248 e.